The minimum atomic E-state index is -0.318. The van der Waals surface area contributed by atoms with Gasteiger partial charge in [0.25, 0.3) is 0 Å². The van der Waals surface area contributed by atoms with Gasteiger partial charge in [-0.15, -0.1) is 11.3 Å². The molecule has 2 aromatic rings. The summed E-state index contributed by atoms with van der Waals surface area (Å²) < 4.78 is 14.6. The maximum Gasteiger partial charge on any atom is 0.350 e. The van der Waals surface area contributed by atoms with Gasteiger partial charge in [0.2, 0.25) is 0 Å². The first-order valence-electron chi connectivity index (χ1n) is 4.83. The molecule has 1 aromatic heterocycles. The summed E-state index contributed by atoms with van der Waals surface area (Å²) in [6, 6.07) is 9.58. The number of benzene rings is 1. The van der Waals surface area contributed by atoms with Gasteiger partial charge in [-0.25, -0.2) is 4.79 Å². The fourth-order valence-electron chi connectivity index (χ4n) is 1.11. The van der Waals surface area contributed by atoms with Crippen LogP contribution in [0, 0.1) is 0 Å². The SMILES string of the molecule is CF.O=C(OCc1ccccc1)c1cncs1. The molecule has 0 aliphatic rings. The molecule has 0 aliphatic heterocycles. The molecule has 0 aliphatic carbocycles. The fraction of sp³-hybridized carbons (Fsp3) is 0.167. The number of ether oxygens (including phenoxy) is 1. The highest BCUT2D eigenvalue weighted by Crippen LogP contribution is 2.09. The Morgan fingerprint density at radius 1 is 1.35 bits per heavy atom. The Bertz CT molecular complexity index is 431. The van der Waals surface area contributed by atoms with E-state index in [0.29, 0.717) is 18.7 Å². The predicted molar refractivity (Wildman–Crippen MR) is 64.7 cm³/mol. The smallest absolute Gasteiger partial charge is 0.350 e. The molecule has 1 aromatic carbocycles. The van der Waals surface area contributed by atoms with E-state index in [0.717, 1.165) is 5.56 Å². The number of esters is 1. The van der Waals surface area contributed by atoms with Gasteiger partial charge in [-0.1, -0.05) is 30.3 Å². The van der Waals surface area contributed by atoms with Crippen LogP contribution in [0.4, 0.5) is 4.39 Å². The van der Waals surface area contributed by atoms with E-state index in [1.807, 2.05) is 30.3 Å². The molecule has 0 atom stereocenters. The molecular weight excluding hydrogens is 241 g/mol. The van der Waals surface area contributed by atoms with E-state index in [1.165, 1.54) is 17.5 Å². The van der Waals surface area contributed by atoms with Crippen molar-refractivity contribution in [3.05, 3.63) is 52.5 Å². The molecule has 0 saturated heterocycles. The lowest BCUT2D eigenvalue weighted by Crippen LogP contribution is -2.02. The van der Waals surface area contributed by atoms with Crippen molar-refractivity contribution in [1.82, 2.24) is 4.98 Å². The van der Waals surface area contributed by atoms with Crippen molar-refractivity contribution in [2.24, 2.45) is 0 Å². The van der Waals surface area contributed by atoms with Gasteiger partial charge in [-0.2, -0.15) is 0 Å². The van der Waals surface area contributed by atoms with Crippen LogP contribution >= 0.6 is 11.3 Å². The molecule has 90 valence electrons. The molecule has 2 rings (SSSR count). The van der Waals surface area contributed by atoms with Crippen LogP contribution in [0.1, 0.15) is 15.2 Å². The molecule has 1 heterocycles. The summed E-state index contributed by atoms with van der Waals surface area (Å²) >= 11 is 1.28. The van der Waals surface area contributed by atoms with Crippen molar-refractivity contribution in [3.63, 3.8) is 0 Å². The highest BCUT2D eigenvalue weighted by atomic mass is 32.1. The zero-order chi connectivity index (χ0) is 12.5. The van der Waals surface area contributed by atoms with E-state index in [4.69, 9.17) is 4.74 Å². The normalized spacial score (nSPS) is 9.06. The number of halogens is 1. The zero-order valence-electron chi connectivity index (χ0n) is 9.30. The lowest BCUT2D eigenvalue weighted by atomic mass is 10.2. The first-order valence-corrected chi connectivity index (χ1v) is 5.71. The van der Waals surface area contributed by atoms with Gasteiger partial charge in [0.05, 0.1) is 18.9 Å². The van der Waals surface area contributed by atoms with E-state index >= 15 is 0 Å². The number of alkyl halides is 1. The molecule has 17 heavy (non-hydrogen) atoms. The number of aromatic nitrogens is 1. The summed E-state index contributed by atoms with van der Waals surface area (Å²) in [7, 11) is 0.500. The van der Waals surface area contributed by atoms with Crippen LogP contribution in [-0.2, 0) is 11.3 Å². The maximum absolute atomic E-state index is 11.4. The fourth-order valence-corrected chi connectivity index (χ4v) is 1.62. The van der Waals surface area contributed by atoms with Crippen LogP contribution in [0.25, 0.3) is 0 Å². The summed E-state index contributed by atoms with van der Waals surface area (Å²) in [5.41, 5.74) is 2.59. The Balaban J connectivity index is 0.000000686. The van der Waals surface area contributed by atoms with Crippen LogP contribution in [0.3, 0.4) is 0 Å². The maximum atomic E-state index is 11.4. The lowest BCUT2D eigenvalue weighted by molar-refractivity contribution is 0.0478. The minimum absolute atomic E-state index is 0.303. The first kappa shape index (κ1) is 13.3. The lowest BCUT2D eigenvalue weighted by Gasteiger charge is -2.02. The molecule has 0 bridgehead atoms. The highest BCUT2D eigenvalue weighted by molar-refractivity contribution is 7.11. The van der Waals surface area contributed by atoms with E-state index in [9.17, 15) is 9.18 Å². The first-order chi connectivity index (χ1) is 8.36. The van der Waals surface area contributed by atoms with Gasteiger partial charge in [0, 0.05) is 0 Å². The Morgan fingerprint density at radius 2 is 2.06 bits per heavy atom. The molecule has 0 radical (unpaired) electrons. The Hall–Kier alpha value is -1.75. The van der Waals surface area contributed by atoms with Crippen molar-refractivity contribution >= 4 is 17.3 Å². The predicted octanol–water partition coefficient (Wildman–Crippen LogP) is 3.09. The summed E-state index contributed by atoms with van der Waals surface area (Å²) in [5.74, 6) is -0.318. The Morgan fingerprint density at radius 3 is 2.65 bits per heavy atom. The van der Waals surface area contributed by atoms with Crippen molar-refractivity contribution in [2.75, 3.05) is 7.18 Å². The van der Waals surface area contributed by atoms with E-state index < -0.39 is 0 Å². The second-order valence-corrected chi connectivity index (χ2v) is 3.81. The molecule has 0 saturated carbocycles. The second kappa shape index (κ2) is 7.51. The second-order valence-electron chi connectivity index (χ2n) is 2.93. The van der Waals surface area contributed by atoms with Gasteiger partial charge in [-0.05, 0) is 5.56 Å². The number of rotatable bonds is 3. The average molecular weight is 253 g/mol. The Kier molecular flexibility index (Phi) is 5.88. The van der Waals surface area contributed by atoms with E-state index in [1.54, 1.807) is 5.51 Å². The third kappa shape index (κ3) is 4.32. The van der Waals surface area contributed by atoms with Crippen molar-refractivity contribution in [3.8, 4) is 0 Å². The van der Waals surface area contributed by atoms with Gasteiger partial charge in [-0.3, -0.25) is 9.37 Å². The van der Waals surface area contributed by atoms with E-state index in [2.05, 4.69) is 4.98 Å². The molecule has 0 fully saturated rings. The van der Waals surface area contributed by atoms with Gasteiger partial charge >= 0.3 is 5.97 Å². The third-order valence-corrected chi connectivity index (χ3v) is 2.60. The van der Waals surface area contributed by atoms with Crippen LogP contribution in [0.15, 0.2) is 42.0 Å². The molecular formula is C12H12FNO2S. The van der Waals surface area contributed by atoms with Crippen molar-refractivity contribution in [1.29, 1.82) is 0 Å². The molecule has 0 amide bonds. The zero-order valence-corrected chi connectivity index (χ0v) is 10.1. The van der Waals surface area contributed by atoms with Crippen LogP contribution in [-0.4, -0.2) is 18.1 Å². The standard InChI is InChI=1S/C11H9NO2S.CH3F/c13-11(10-6-12-8-15-10)14-7-9-4-2-1-3-5-9;1-2/h1-6,8H,7H2;1H3. The third-order valence-electron chi connectivity index (χ3n) is 1.85. The molecule has 0 N–H and O–H groups in total. The number of thiazole rings is 1. The number of carbonyl (C=O) groups is 1. The largest absolute Gasteiger partial charge is 0.457 e. The molecule has 3 nitrogen and oxygen atoms in total. The Labute approximate surface area is 103 Å². The van der Waals surface area contributed by atoms with Crippen LogP contribution in [0.2, 0.25) is 0 Å². The highest BCUT2D eigenvalue weighted by Gasteiger charge is 2.08. The molecule has 0 unspecified atom stereocenters. The minimum Gasteiger partial charge on any atom is -0.457 e. The monoisotopic (exact) mass is 253 g/mol. The summed E-state index contributed by atoms with van der Waals surface area (Å²) in [4.78, 5) is 15.8. The number of hydrogen-bond acceptors (Lipinski definition) is 4. The molecule has 0 spiro atoms. The topological polar surface area (TPSA) is 39.2 Å². The van der Waals surface area contributed by atoms with Gasteiger partial charge in [0.1, 0.15) is 11.5 Å². The van der Waals surface area contributed by atoms with Gasteiger partial charge in [0.15, 0.2) is 0 Å². The number of carbonyl (C=O) groups excluding carboxylic acids is 1. The molecule has 5 heteroatoms. The van der Waals surface area contributed by atoms with Crippen molar-refractivity contribution in [2.45, 2.75) is 6.61 Å². The van der Waals surface area contributed by atoms with E-state index in [-0.39, 0.29) is 5.97 Å². The number of nitrogens with zero attached hydrogens (tertiary/aromatic N) is 1. The summed E-state index contributed by atoms with van der Waals surface area (Å²) in [6.07, 6.45) is 1.51. The quantitative estimate of drug-likeness (QED) is 0.789. The average Bonchev–Trinajstić information content (AvgIpc) is 2.93. The van der Waals surface area contributed by atoms with Crippen LogP contribution < -0.4 is 0 Å². The summed E-state index contributed by atoms with van der Waals surface area (Å²) in [6.45, 7) is 0.303. The summed E-state index contributed by atoms with van der Waals surface area (Å²) in [5, 5.41) is 0. The number of hydrogen-bond donors (Lipinski definition) is 0. The van der Waals surface area contributed by atoms with Crippen LogP contribution in [0.5, 0.6) is 0 Å². The van der Waals surface area contributed by atoms with Crippen molar-refractivity contribution < 1.29 is 13.9 Å². The van der Waals surface area contributed by atoms with Gasteiger partial charge < -0.3 is 4.74 Å².